The lowest BCUT2D eigenvalue weighted by molar-refractivity contribution is 0.105. The Morgan fingerprint density at radius 2 is 1.25 bits per heavy atom. The van der Waals surface area contributed by atoms with E-state index in [1.165, 1.54) is 11.1 Å². The van der Waals surface area contributed by atoms with Gasteiger partial charge >= 0.3 is 0 Å². The van der Waals surface area contributed by atoms with Gasteiger partial charge in [-0.15, -0.1) is 0 Å². The van der Waals surface area contributed by atoms with Gasteiger partial charge in [0.1, 0.15) is 17.1 Å². The van der Waals surface area contributed by atoms with Crippen molar-refractivity contribution in [1.29, 1.82) is 0 Å². The Hall–Kier alpha value is -1.96. The number of benzene rings is 2. The molecule has 0 saturated heterocycles. The zero-order valence-electron chi connectivity index (χ0n) is 12.6. The fourth-order valence-electron chi connectivity index (χ4n) is 1.89. The minimum absolute atomic E-state index is 0.123. The minimum atomic E-state index is -0.123. The number of ether oxygens (including phenoxy) is 2. The van der Waals surface area contributed by atoms with Gasteiger partial charge in [-0.3, -0.25) is 0 Å². The summed E-state index contributed by atoms with van der Waals surface area (Å²) in [5.41, 5.74) is 2.23. The second kappa shape index (κ2) is 6.00. The maximum Gasteiger partial charge on any atom is 0.120 e. The van der Waals surface area contributed by atoms with Gasteiger partial charge in [0, 0.05) is 0 Å². The van der Waals surface area contributed by atoms with Gasteiger partial charge in [-0.2, -0.15) is 0 Å². The standard InChI is InChI=1S/C18H22O2/c1-5-18(2,3)20-17-12-8-15(9-13-17)14-6-10-16(19-4)11-7-14/h6-13H,5H2,1-4H3. The molecule has 0 aliphatic carbocycles. The van der Waals surface area contributed by atoms with Gasteiger partial charge in [-0.1, -0.05) is 31.2 Å². The van der Waals surface area contributed by atoms with Crippen molar-refractivity contribution in [3.63, 3.8) is 0 Å². The molecule has 0 saturated carbocycles. The summed E-state index contributed by atoms with van der Waals surface area (Å²) in [6.07, 6.45) is 0.979. The van der Waals surface area contributed by atoms with Crippen molar-refractivity contribution >= 4 is 0 Å². The molecule has 0 atom stereocenters. The van der Waals surface area contributed by atoms with Crippen LogP contribution in [0.25, 0.3) is 11.1 Å². The molecule has 0 spiro atoms. The lowest BCUT2D eigenvalue weighted by atomic mass is 10.0. The van der Waals surface area contributed by atoms with Gasteiger partial charge in [-0.05, 0) is 55.7 Å². The van der Waals surface area contributed by atoms with Gasteiger partial charge in [-0.25, -0.2) is 0 Å². The van der Waals surface area contributed by atoms with Gasteiger partial charge in [0.25, 0.3) is 0 Å². The Balaban J connectivity index is 2.15. The van der Waals surface area contributed by atoms with E-state index >= 15 is 0 Å². The number of methoxy groups -OCH3 is 1. The molecule has 0 aromatic heterocycles. The van der Waals surface area contributed by atoms with E-state index in [9.17, 15) is 0 Å². The van der Waals surface area contributed by atoms with Crippen molar-refractivity contribution in [2.75, 3.05) is 7.11 Å². The molecular weight excluding hydrogens is 248 g/mol. The van der Waals surface area contributed by atoms with E-state index in [1.54, 1.807) is 7.11 Å². The molecule has 20 heavy (non-hydrogen) atoms. The third-order valence-electron chi connectivity index (χ3n) is 3.52. The summed E-state index contributed by atoms with van der Waals surface area (Å²) in [4.78, 5) is 0. The van der Waals surface area contributed by atoms with Gasteiger partial charge < -0.3 is 9.47 Å². The first-order valence-corrected chi connectivity index (χ1v) is 6.97. The highest BCUT2D eigenvalue weighted by molar-refractivity contribution is 5.64. The quantitative estimate of drug-likeness (QED) is 0.767. The number of rotatable bonds is 5. The van der Waals surface area contributed by atoms with E-state index < -0.39 is 0 Å². The Kier molecular flexibility index (Phi) is 4.33. The van der Waals surface area contributed by atoms with E-state index in [1.807, 2.05) is 24.3 Å². The molecule has 0 bridgehead atoms. The summed E-state index contributed by atoms with van der Waals surface area (Å²) in [6, 6.07) is 16.3. The monoisotopic (exact) mass is 270 g/mol. The van der Waals surface area contributed by atoms with Crippen molar-refractivity contribution in [2.24, 2.45) is 0 Å². The van der Waals surface area contributed by atoms with E-state index in [0.29, 0.717) is 0 Å². The smallest absolute Gasteiger partial charge is 0.120 e. The predicted molar refractivity (Wildman–Crippen MR) is 83.4 cm³/mol. The molecule has 2 nitrogen and oxygen atoms in total. The normalized spacial score (nSPS) is 11.2. The van der Waals surface area contributed by atoms with E-state index in [2.05, 4.69) is 45.0 Å². The van der Waals surface area contributed by atoms with Crippen molar-refractivity contribution in [3.8, 4) is 22.6 Å². The molecule has 2 aromatic rings. The molecule has 0 fully saturated rings. The Bertz CT molecular complexity index is 539. The van der Waals surface area contributed by atoms with Crippen LogP contribution in [-0.2, 0) is 0 Å². The number of hydrogen-bond acceptors (Lipinski definition) is 2. The summed E-state index contributed by atoms with van der Waals surface area (Å²) < 4.78 is 11.1. The van der Waals surface area contributed by atoms with Crippen LogP contribution in [0.15, 0.2) is 48.5 Å². The average molecular weight is 270 g/mol. The molecule has 2 aromatic carbocycles. The molecule has 0 heterocycles. The van der Waals surface area contributed by atoms with Gasteiger partial charge in [0.15, 0.2) is 0 Å². The molecular formula is C18H22O2. The second-order valence-electron chi connectivity index (χ2n) is 5.47. The van der Waals surface area contributed by atoms with E-state index in [4.69, 9.17) is 9.47 Å². The van der Waals surface area contributed by atoms with Crippen LogP contribution in [0.2, 0.25) is 0 Å². The summed E-state index contributed by atoms with van der Waals surface area (Å²) in [5, 5.41) is 0. The largest absolute Gasteiger partial charge is 0.497 e. The van der Waals surface area contributed by atoms with E-state index in [0.717, 1.165) is 17.9 Å². The molecule has 106 valence electrons. The first kappa shape index (κ1) is 14.4. The third-order valence-corrected chi connectivity index (χ3v) is 3.52. The molecule has 0 aliphatic rings. The average Bonchev–Trinajstić information content (AvgIpc) is 2.48. The Morgan fingerprint density at radius 3 is 1.65 bits per heavy atom. The minimum Gasteiger partial charge on any atom is -0.497 e. The highest BCUT2D eigenvalue weighted by Gasteiger charge is 2.16. The number of hydrogen-bond donors (Lipinski definition) is 0. The predicted octanol–water partition coefficient (Wildman–Crippen LogP) is 4.93. The lowest BCUT2D eigenvalue weighted by Crippen LogP contribution is -2.26. The van der Waals surface area contributed by atoms with Crippen molar-refractivity contribution in [2.45, 2.75) is 32.8 Å². The summed E-state index contributed by atoms with van der Waals surface area (Å²) in [7, 11) is 1.68. The van der Waals surface area contributed by atoms with Crippen LogP contribution in [0, 0.1) is 0 Å². The van der Waals surface area contributed by atoms with Crippen LogP contribution < -0.4 is 9.47 Å². The molecule has 2 heteroatoms. The summed E-state index contributed by atoms with van der Waals surface area (Å²) in [6.45, 7) is 6.33. The second-order valence-corrected chi connectivity index (χ2v) is 5.47. The van der Waals surface area contributed by atoms with Crippen LogP contribution in [0.4, 0.5) is 0 Å². The molecule has 0 aliphatic heterocycles. The SMILES string of the molecule is CCC(C)(C)Oc1ccc(-c2ccc(OC)cc2)cc1. The maximum absolute atomic E-state index is 5.96. The Morgan fingerprint density at radius 1 is 0.800 bits per heavy atom. The first-order valence-electron chi connectivity index (χ1n) is 6.97. The van der Waals surface area contributed by atoms with Gasteiger partial charge in [0.05, 0.1) is 7.11 Å². The third kappa shape index (κ3) is 3.53. The molecule has 0 radical (unpaired) electrons. The fraction of sp³-hybridized carbons (Fsp3) is 0.333. The summed E-state index contributed by atoms with van der Waals surface area (Å²) in [5.74, 6) is 1.78. The summed E-state index contributed by atoms with van der Waals surface area (Å²) >= 11 is 0. The van der Waals surface area contributed by atoms with Crippen molar-refractivity contribution < 1.29 is 9.47 Å². The van der Waals surface area contributed by atoms with Crippen molar-refractivity contribution in [3.05, 3.63) is 48.5 Å². The van der Waals surface area contributed by atoms with Crippen LogP contribution >= 0.6 is 0 Å². The molecule has 0 unspecified atom stereocenters. The molecule has 0 amide bonds. The van der Waals surface area contributed by atoms with Crippen molar-refractivity contribution in [1.82, 2.24) is 0 Å². The van der Waals surface area contributed by atoms with Crippen LogP contribution in [-0.4, -0.2) is 12.7 Å². The van der Waals surface area contributed by atoms with Gasteiger partial charge in [0.2, 0.25) is 0 Å². The molecule has 2 rings (SSSR count). The van der Waals surface area contributed by atoms with E-state index in [-0.39, 0.29) is 5.60 Å². The Labute approximate surface area is 121 Å². The maximum atomic E-state index is 5.96. The molecule has 0 N–H and O–H groups in total. The highest BCUT2D eigenvalue weighted by Crippen LogP contribution is 2.26. The topological polar surface area (TPSA) is 18.5 Å². The van der Waals surface area contributed by atoms with Crippen LogP contribution in [0.1, 0.15) is 27.2 Å². The zero-order valence-corrected chi connectivity index (χ0v) is 12.6. The lowest BCUT2D eigenvalue weighted by Gasteiger charge is -2.24. The fourth-order valence-corrected chi connectivity index (χ4v) is 1.89. The van der Waals surface area contributed by atoms with Crippen LogP contribution in [0.5, 0.6) is 11.5 Å². The van der Waals surface area contributed by atoms with Crippen LogP contribution in [0.3, 0.4) is 0 Å². The first-order chi connectivity index (χ1) is 9.54. The zero-order chi connectivity index (χ0) is 14.6. The highest BCUT2D eigenvalue weighted by atomic mass is 16.5.